The zero-order chi connectivity index (χ0) is 8.27. The summed E-state index contributed by atoms with van der Waals surface area (Å²) in [6.07, 6.45) is 5.88. The lowest BCUT2D eigenvalue weighted by molar-refractivity contribution is 0.181. The summed E-state index contributed by atoms with van der Waals surface area (Å²) >= 11 is 0. The number of urea groups is 1. The lowest BCUT2D eigenvalue weighted by atomic mass is 9.95. The average Bonchev–Trinajstić information content (AvgIpc) is 2.05. The largest absolute Gasteiger partial charge is 0.336 e. The van der Waals surface area contributed by atoms with E-state index in [0.717, 1.165) is 12.8 Å². The Bertz CT molecular complexity index is 141. The fraction of sp³-hybridized carbons (Fsp3) is 0.875. The molecule has 1 N–H and O–H groups in total. The first kappa shape index (κ1) is 8.37. The maximum atomic E-state index is 10.6. The van der Waals surface area contributed by atoms with E-state index in [1.165, 1.54) is 19.3 Å². The highest BCUT2D eigenvalue weighted by Gasteiger charge is 2.19. The Kier molecular flexibility index (Phi) is 2.74. The van der Waals surface area contributed by atoms with Crippen molar-refractivity contribution in [2.75, 3.05) is 7.05 Å². The monoisotopic (exact) mass is 155 g/mol. The second-order valence-electron chi connectivity index (χ2n) is 3.21. The van der Waals surface area contributed by atoms with Crippen LogP contribution < -0.4 is 5.73 Å². The van der Waals surface area contributed by atoms with E-state index in [0.29, 0.717) is 6.04 Å². The van der Waals surface area contributed by atoms with Crippen molar-refractivity contribution in [3.8, 4) is 0 Å². The fourth-order valence-corrected chi connectivity index (χ4v) is 1.63. The highest BCUT2D eigenvalue weighted by Crippen LogP contribution is 2.21. The van der Waals surface area contributed by atoms with Crippen LogP contribution in [-0.4, -0.2) is 24.0 Å². The molecule has 0 aliphatic heterocycles. The van der Waals surface area contributed by atoms with Gasteiger partial charge in [-0.3, -0.25) is 0 Å². The Morgan fingerprint density at radius 2 is 1.91 bits per heavy atom. The van der Waals surface area contributed by atoms with Crippen LogP contribution in [0.1, 0.15) is 32.1 Å². The van der Waals surface area contributed by atoms with Crippen LogP contribution in [-0.2, 0) is 0 Å². The number of rotatable bonds is 1. The third-order valence-corrected chi connectivity index (χ3v) is 2.44. The van der Waals surface area contributed by atoms with E-state index >= 15 is 0 Å². The molecular weight excluding hydrogens is 140 g/mol. The predicted octanol–water partition coefficient (Wildman–Crippen LogP) is 1.65. The Morgan fingerprint density at radius 1 is 1.36 bits per heavy atom. The van der Waals surface area contributed by atoms with E-state index in [9.17, 15) is 4.79 Å². The van der Waals surface area contributed by atoms with Crippen LogP contribution >= 0.6 is 0 Å². The van der Waals surface area contributed by atoms with Gasteiger partial charge in [-0.05, 0) is 12.8 Å². The van der Waals surface area contributed by atoms with E-state index in [1.54, 1.807) is 11.9 Å². The highest BCUT2D eigenvalue weighted by atomic mass is 16.2. The van der Waals surface area contributed by atoms with Crippen molar-refractivity contribution in [2.24, 2.45) is 0 Å². The molecule has 1 saturated carbocycles. The lowest BCUT2D eigenvalue weighted by Crippen LogP contribution is -2.37. The number of carbonyl (C=O) groups is 1. The molecule has 63 valence electrons. The number of carbonyl (C=O) groups excluding carboxylic acids is 1. The first-order valence-corrected chi connectivity index (χ1v) is 4.20. The van der Waals surface area contributed by atoms with Crippen molar-refractivity contribution >= 4 is 6.03 Å². The van der Waals surface area contributed by atoms with E-state index in [2.05, 4.69) is 0 Å². The third kappa shape index (κ3) is 2.10. The van der Waals surface area contributed by atoms with Gasteiger partial charge in [0, 0.05) is 13.1 Å². The van der Waals surface area contributed by atoms with Crippen LogP contribution in [0.25, 0.3) is 0 Å². The van der Waals surface area contributed by atoms with Gasteiger partial charge in [0.15, 0.2) is 0 Å². The van der Waals surface area contributed by atoms with Crippen LogP contribution in [0, 0.1) is 0 Å². The number of nitrogens with zero attached hydrogens (tertiary/aromatic N) is 1. The maximum absolute atomic E-state index is 10.6. The summed E-state index contributed by atoms with van der Waals surface area (Å²) in [6.45, 7) is 0. The summed E-state index contributed by atoms with van der Waals surface area (Å²) in [5, 5.41) is 0. The fourth-order valence-electron chi connectivity index (χ4n) is 1.63. The summed E-state index contributed by atoms with van der Waals surface area (Å²) in [7, 11) is 1.73. The summed E-state index contributed by atoms with van der Waals surface area (Å²) < 4.78 is 0. The quantitative estimate of drug-likeness (QED) is 0.567. The van der Waals surface area contributed by atoms with Gasteiger partial charge in [-0.15, -0.1) is 0 Å². The number of hydrogen-bond acceptors (Lipinski definition) is 1. The van der Waals surface area contributed by atoms with Crippen molar-refractivity contribution in [3.05, 3.63) is 0 Å². The van der Waals surface area contributed by atoms with E-state index in [-0.39, 0.29) is 0 Å². The molecule has 3 nitrogen and oxygen atoms in total. The maximum Gasteiger partial charge on any atom is 0.336 e. The molecule has 0 heterocycles. The molecule has 0 bridgehead atoms. The van der Waals surface area contributed by atoms with Crippen molar-refractivity contribution in [1.29, 1.82) is 0 Å². The minimum Gasteiger partial charge on any atom is -0.323 e. The Hall–Kier alpha value is -0.730. The molecule has 1 radical (unpaired) electrons. The Labute approximate surface area is 67.5 Å². The molecule has 0 spiro atoms. The number of amides is 2. The molecule has 1 aliphatic carbocycles. The minimum atomic E-state index is -0.545. The summed E-state index contributed by atoms with van der Waals surface area (Å²) in [5.41, 5.74) is 6.91. The molecule has 0 unspecified atom stereocenters. The highest BCUT2D eigenvalue weighted by molar-refractivity contribution is 5.71. The average molecular weight is 155 g/mol. The first-order chi connectivity index (χ1) is 5.22. The van der Waals surface area contributed by atoms with E-state index < -0.39 is 6.03 Å². The van der Waals surface area contributed by atoms with Gasteiger partial charge in [-0.2, -0.15) is 0 Å². The SMILES string of the molecule is CN(C([NH])=O)C1CCCCC1. The molecule has 11 heavy (non-hydrogen) atoms. The van der Waals surface area contributed by atoms with Crippen LogP contribution in [0.15, 0.2) is 0 Å². The van der Waals surface area contributed by atoms with Crippen molar-refractivity contribution < 1.29 is 4.79 Å². The van der Waals surface area contributed by atoms with Gasteiger partial charge in [0.2, 0.25) is 0 Å². The van der Waals surface area contributed by atoms with Gasteiger partial charge in [0.25, 0.3) is 0 Å². The molecule has 1 aliphatic rings. The third-order valence-electron chi connectivity index (χ3n) is 2.44. The van der Waals surface area contributed by atoms with E-state index in [1.807, 2.05) is 0 Å². The second-order valence-corrected chi connectivity index (χ2v) is 3.21. The van der Waals surface area contributed by atoms with Crippen LogP contribution in [0.5, 0.6) is 0 Å². The number of hydrogen-bond donors (Lipinski definition) is 0. The van der Waals surface area contributed by atoms with Gasteiger partial charge in [-0.1, -0.05) is 19.3 Å². The molecule has 0 aromatic carbocycles. The zero-order valence-electron chi connectivity index (χ0n) is 6.97. The number of nitrogens with one attached hydrogen (secondary N) is 1. The second kappa shape index (κ2) is 3.60. The summed E-state index contributed by atoms with van der Waals surface area (Å²) in [4.78, 5) is 12.2. The Balaban J connectivity index is 2.38. The molecule has 2 amide bonds. The summed E-state index contributed by atoms with van der Waals surface area (Å²) in [5.74, 6) is 0. The topological polar surface area (TPSA) is 44.1 Å². The van der Waals surface area contributed by atoms with Crippen LogP contribution in [0.3, 0.4) is 0 Å². The summed E-state index contributed by atoms with van der Waals surface area (Å²) in [6, 6.07) is -0.203. The normalized spacial score (nSPS) is 19.7. The standard InChI is InChI=1S/C8H15N2O/c1-10(8(9)11)7-5-3-2-4-6-7/h7,9H,2-6H2,1H3. The van der Waals surface area contributed by atoms with E-state index in [4.69, 9.17) is 5.73 Å². The van der Waals surface area contributed by atoms with Gasteiger partial charge in [0.05, 0.1) is 0 Å². The molecule has 3 heteroatoms. The van der Waals surface area contributed by atoms with Gasteiger partial charge >= 0.3 is 6.03 Å². The molecule has 0 aromatic heterocycles. The first-order valence-electron chi connectivity index (χ1n) is 4.20. The van der Waals surface area contributed by atoms with Crippen LogP contribution in [0.2, 0.25) is 0 Å². The van der Waals surface area contributed by atoms with Crippen molar-refractivity contribution in [3.63, 3.8) is 0 Å². The minimum absolute atomic E-state index is 0.341. The Morgan fingerprint density at radius 3 is 2.36 bits per heavy atom. The lowest BCUT2D eigenvalue weighted by Gasteiger charge is -2.29. The molecule has 1 fully saturated rings. The van der Waals surface area contributed by atoms with Gasteiger partial charge in [-0.25, -0.2) is 10.5 Å². The predicted molar refractivity (Wildman–Crippen MR) is 43.1 cm³/mol. The molecule has 0 atom stereocenters. The zero-order valence-corrected chi connectivity index (χ0v) is 6.97. The van der Waals surface area contributed by atoms with Gasteiger partial charge in [0.1, 0.15) is 0 Å². The van der Waals surface area contributed by atoms with Crippen molar-refractivity contribution in [2.45, 2.75) is 38.1 Å². The molecular formula is C8H15N2O. The van der Waals surface area contributed by atoms with Crippen LogP contribution in [0.4, 0.5) is 4.79 Å². The smallest absolute Gasteiger partial charge is 0.323 e. The van der Waals surface area contributed by atoms with Gasteiger partial charge < -0.3 is 4.90 Å². The molecule has 0 saturated heterocycles. The molecule has 1 rings (SSSR count). The molecule has 0 aromatic rings. The van der Waals surface area contributed by atoms with Crippen molar-refractivity contribution in [1.82, 2.24) is 10.6 Å².